The van der Waals surface area contributed by atoms with Gasteiger partial charge in [0.1, 0.15) is 12.1 Å². The molecule has 9 nitrogen and oxygen atoms in total. The molecule has 0 bridgehead atoms. The molecular formula is C42H59N5O4. The fourth-order valence-electron chi connectivity index (χ4n) is 6.18. The van der Waals surface area contributed by atoms with Crippen LogP contribution in [0, 0.1) is 17.8 Å². The van der Waals surface area contributed by atoms with Crippen molar-refractivity contribution in [1.29, 1.82) is 0 Å². The number of carbonyl (C=O) groups is 4. The summed E-state index contributed by atoms with van der Waals surface area (Å²) < 4.78 is 0. The predicted molar refractivity (Wildman–Crippen MR) is 205 cm³/mol. The first-order valence-electron chi connectivity index (χ1n) is 18.4. The molecule has 0 radical (unpaired) electrons. The van der Waals surface area contributed by atoms with Gasteiger partial charge in [-0.25, -0.2) is 0 Å². The van der Waals surface area contributed by atoms with Crippen LogP contribution in [-0.2, 0) is 38.4 Å². The lowest BCUT2D eigenvalue weighted by Gasteiger charge is -2.30. The predicted octanol–water partition coefficient (Wildman–Crippen LogP) is 5.12. The number of benzene rings is 3. The summed E-state index contributed by atoms with van der Waals surface area (Å²) in [5.41, 5.74) is 9.96. The van der Waals surface area contributed by atoms with E-state index >= 15 is 0 Å². The zero-order chi connectivity index (χ0) is 37.3. The molecule has 9 heteroatoms. The van der Waals surface area contributed by atoms with Crippen LogP contribution in [-0.4, -0.2) is 53.8 Å². The lowest BCUT2D eigenvalue weighted by atomic mass is 9.94. The molecule has 4 amide bonds. The second-order valence-electron chi connectivity index (χ2n) is 14.9. The summed E-state index contributed by atoms with van der Waals surface area (Å²) in [5.74, 6) is -1.15. The number of carbonyl (C=O) groups excluding carboxylic acids is 4. The van der Waals surface area contributed by atoms with Crippen LogP contribution in [0.1, 0.15) is 77.5 Å². The Morgan fingerprint density at radius 3 is 1.47 bits per heavy atom. The first kappa shape index (κ1) is 40.9. The zero-order valence-corrected chi connectivity index (χ0v) is 31.2. The van der Waals surface area contributed by atoms with Crippen LogP contribution in [0.15, 0.2) is 91.0 Å². The van der Waals surface area contributed by atoms with E-state index < -0.39 is 36.0 Å². The summed E-state index contributed by atoms with van der Waals surface area (Å²) in [6.45, 7) is 11.6. The number of rotatable bonds is 20. The average molecular weight is 698 g/mol. The maximum atomic E-state index is 13.9. The SMILES string of the molecule is CC(C)CC(=O)N[C@@H](CC(C)C)C(=O)NC(C(=O)N[C@@H](Cc1ccccc1)[C@@H](N)CC(=O)NC(Cc1ccccc1)Cc1ccccc1)C(C)C. The molecule has 0 heterocycles. The second kappa shape index (κ2) is 21.0. The van der Waals surface area contributed by atoms with Crippen molar-refractivity contribution >= 4 is 23.6 Å². The molecule has 0 aliphatic heterocycles. The van der Waals surface area contributed by atoms with Crippen LogP contribution >= 0.6 is 0 Å². The van der Waals surface area contributed by atoms with Crippen LogP contribution in [0.4, 0.5) is 0 Å². The van der Waals surface area contributed by atoms with Gasteiger partial charge in [-0.05, 0) is 60.1 Å². The highest BCUT2D eigenvalue weighted by atomic mass is 16.2. The minimum absolute atomic E-state index is 0.00505. The van der Waals surface area contributed by atoms with Crippen LogP contribution < -0.4 is 27.0 Å². The van der Waals surface area contributed by atoms with Crippen molar-refractivity contribution < 1.29 is 19.2 Å². The Bertz CT molecular complexity index is 1460. The van der Waals surface area contributed by atoms with E-state index in [1.165, 1.54) is 0 Å². The number of nitrogens with one attached hydrogen (secondary N) is 4. The Balaban J connectivity index is 1.76. The molecule has 276 valence electrons. The topological polar surface area (TPSA) is 142 Å². The van der Waals surface area contributed by atoms with E-state index in [9.17, 15) is 19.2 Å². The Hall–Kier alpha value is -4.50. The zero-order valence-electron chi connectivity index (χ0n) is 31.2. The molecule has 51 heavy (non-hydrogen) atoms. The van der Waals surface area contributed by atoms with Gasteiger partial charge in [0.2, 0.25) is 23.6 Å². The highest BCUT2D eigenvalue weighted by Gasteiger charge is 2.32. The van der Waals surface area contributed by atoms with Crippen molar-refractivity contribution in [2.24, 2.45) is 23.5 Å². The van der Waals surface area contributed by atoms with Crippen LogP contribution in [0.5, 0.6) is 0 Å². The maximum Gasteiger partial charge on any atom is 0.243 e. The standard InChI is InChI=1S/C42H59N5O4/c1-28(2)22-37(45-38(48)23-29(3)4)41(50)47-40(30(5)6)42(51)46-36(26-33-20-14-9-15-21-33)35(43)27-39(49)44-34(24-31-16-10-7-11-17-31)25-32-18-12-8-13-19-32/h7-21,28-30,34-37,40H,22-27,43H2,1-6H3,(H,44,49)(H,45,48)(H,46,51)(H,47,50)/t35-,36-,37-,40?/m0/s1. The van der Waals surface area contributed by atoms with Gasteiger partial charge < -0.3 is 27.0 Å². The third-order valence-corrected chi connectivity index (χ3v) is 8.78. The van der Waals surface area contributed by atoms with Gasteiger partial charge in [-0.1, -0.05) is 133 Å². The molecule has 3 aromatic rings. The first-order valence-corrected chi connectivity index (χ1v) is 18.4. The van der Waals surface area contributed by atoms with Crippen molar-refractivity contribution in [3.8, 4) is 0 Å². The van der Waals surface area contributed by atoms with Gasteiger partial charge in [0.25, 0.3) is 0 Å². The molecule has 0 aromatic heterocycles. The Labute approximate surface area is 304 Å². The van der Waals surface area contributed by atoms with Crippen molar-refractivity contribution in [3.63, 3.8) is 0 Å². The normalized spacial score (nSPS) is 13.8. The highest BCUT2D eigenvalue weighted by Crippen LogP contribution is 2.14. The number of hydrogen-bond donors (Lipinski definition) is 5. The maximum absolute atomic E-state index is 13.9. The fourth-order valence-corrected chi connectivity index (χ4v) is 6.18. The largest absolute Gasteiger partial charge is 0.353 e. The van der Waals surface area contributed by atoms with E-state index in [-0.39, 0.29) is 42.0 Å². The Kier molecular flexibility index (Phi) is 16.9. The summed E-state index contributed by atoms with van der Waals surface area (Å²) in [6, 6.07) is 26.7. The lowest BCUT2D eigenvalue weighted by Crippen LogP contribution is -2.59. The van der Waals surface area contributed by atoms with Gasteiger partial charge in [0, 0.05) is 31.0 Å². The minimum atomic E-state index is -0.880. The van der Waals surface area contributed by atoms with E-state index in [1.54, 1.807) is 0 Å². The highest BCUT2D eigenvalue weighted by molar-refractivity contribution is 5.92. The van der Waals surface area contributed by atoms with Gasteiger partial charge in [-0.2, -0.15) is 0 Å². The van der Waals surface area contributed by atoms with E-state index in [2.05, 4.69) is 45.5 Å². The van der Waals surface area contributed by atoms with Crippen molar-refractivity contribution in [1.82, 2.24) is 21.3 Å². The van der Waals surface area contributed by atoms with Crippen LogP contribution in [0.3, 0.4) is 0 Å². The van der Waals surface area contributed by atoms with Gasteiger partial charge in [-0.15, -0.1) is 0 Å². The number of nitrogens with two attached hydrogens (primary N) is 1. The average Bonchev–Trinajstić information content (AvgIpc) is 3.07. The van der Waals surface area contributed by atoms with E-state index in [0.29, 0.717) is 32.1 Å². The molecular weight excluding hydrogens is 638 g/mol. The first-order chi connectivity index (χ1) is 24.3. The minimum Gasteiger partial charge on any atom is -0.353 e. The molecule has 1 unspecified atom stereocenters. The molecule has 0 fully saturated rings. The van der Waals surface area contributed by atoms with Gasteiger partial charge in [0.15, 0.2) is 0 Å². The molecule has 0 saturated carbocycles. The van der Waals surface area contributed by atoms with Crippen LogP contribution in [0.25, 0.3) is 0 Å². The van der Waals surface area contributed by atoms with E-state index in [1.807, 2.05) is 108 Å². The molecule has 6 N–H and O–H groups in total. The molecule has 4 atom stereocenters. The summed E-state index contributed by atoms with van der Waals surface area (Å²) in [4.78, 5) is 53.7. The molecule has 3 rings (SSSR count). The Morgan fingerprint density at radius 2 is 1.02 bits per heavy atom. The van der Waals surface area contributed by atoms with Crippen LogP contribution in [0.2, 0.25) is 0 Å². The number of amides is 4. The van der Waals surface area contributed by atoms with Gasteiger partial charge in [-0.3, -0.25) is 19.2 Å². The molecule has 0 aliphatic rings. The third-order valence-electron chi connectivity index (χ3n) is 8.78. The summed E-state index contributed by atoms with van der Waals surface area (Å²) in [6.07, 6.45) is 2.46. The molecule has 0 saturated heterocycles. The molecule has 0 spiro atoms. The Morgan fingerprint density at radius 1 is 0.549 bits per heavy atom. The summed E-state index contributed by atoms with van der Waals surface area (Å²) >= 11 is 0. The summed E-state index contributed by atoms with van der Waals surface area (Å²) in [7, 11) is 0. The van der Waals surface area contributed by atoms with E-state index in [4.69, 9.17) is 5.73 Å². The van der Waals surface area contributed by atoms with Crippen molar-refractivity contribution in [2.75, 3.05) is 0 Å². The smallest absolute Gasteiger partial charge is 0.243 e. The molecule has 0 aliphatic carbocycles. The third kappa shape index (κ3) is 15.1. The lowest BCUT2D eigenvalue weighted by molar-refractivity contribution is -0.133. The van der Waals surface area contributed by atoms with Gasteiger partial charge in [0.05, 0.1) is 0 Å². The molecule has 3 aromatic carbocycles. The van der Waals surface area contributed by atoms with E-state index in [0.717, 1.165) is 16.7 Å². The summed E-state index contributed by atoms with van der Waals surface area (Å²) in [5, 5.41) is 12.1. The second-order valence-corrected chi connectivity index (χ2v) is 14.9. The number of hydrogen-bond acceptors (Lipinski definition) is 5. The quantitative estimate of drug-likeness (QED) is 0.112. The van der Waals surface area contributed by atoms with Gasteiger partial charge >= 0.3 is 0 Å². The fraction of sp³-hybridized carbons (Fsp3) is 0.476. The monoisotopic (exact) mass is 697 g/mol. The van der Waals surface area contributed by atoms with Crippen molar-refractivity contribution in [3.05, 3.63) is 108 Å². The van der Waals surface area contributed by atoms with Crippen molar-refractivity contribution in [2.45, 2.75) is 110 Å².